The zero-order valence-corrected chi connectivity index (χ0v) is 18.4. The molecule has 0 saturated heterocycles. The number of rotatable bonds is 7. The average molecular weight is 431 g/mol. The molecule has 2 aromatic rings. The topological polar surface area (TPSA) is 90.5 Å². The molecule has 0 aliphatic carbocycles. The third-order valence-electron chi connectivity index (χ3n) is 4.54. The molecule has 0 fully saturated rings. The van der Waals surface area contributed by atoms with Crippen LogP contribution in [0, 0.1) is 20.8 Å². The molecule has 0 aliphatic heterocycles. The first kappa shape index (κ1) is 23.4. The van der Waals surface area contributed by atoms with Crippen LogP contribution in [0.2, 0.25) is 5.02 Å². The van der Waals surface area contributed by atoms with E-state index in [1.54, 1.807) is 23.1 Å². The Hall–Kier alpha value is -2.90. The number of carbonyl (C=O) groups is 3. The van der Waals surface area contributed by atoms with Crippen molar-refractivity contribution in [3.8, 4) is 0 Å². The molecule has 160 valence electrons. The summed E-state index contributed by atoms with van der Waals surface area (Å²) in [6, 6.07) is 10.2. The molecule has 4 amide bonds. The van der Waals surface area contributed by atoms with Crippen LogP contribution in [0.4, 0.5) is 16.2 Å². The summed E-state index contributed by atoms with van der Waals surface area (Å²) >= 11 is 5.97. The lowest BCUT2D eigenvalue weighted by Crippen LogP contribution is -2.44. The molecular formula is C22H27ClN4O3. The summed E-state index contributed by atoms with van der Waals surface area (Å²) in [6.07, 6.45) is 0. The molecule has 0 bridgehead atoms. The van der Waals surface area contributed by atoms with Gasteiger partial charge in [-0.15, -0.1) is 0 Å². The molecule has 2 rings (SSSR count). The van der Waals surface area contributed by atoms with Gasteiger partial charge in [-0.05, 0) is 56.6 Å². The predicted octanol–water partition coefficient (Wildman–Crippen LogP) is 3.87. The number of likely N-dealkylation sites (N-methyl/N-ethyl adjacent to an activating group) is 1. The van der Waals surface area contributed by atoms with Crippen molar-refractivity contribution >= 4 is 40.8 Å². The second-order valence-corrected chi connectivity index (χ2v) is 7.57. The van der Waals surface area contributed by atoms with E-state index in [9.17, 15) is 14.4 Å². The molecule has 0 unspecified atom stereocenters. The maximum absolute atomic E-state index is 12.3. The van der Waals surface area contributed by atoms with E-state index < -0.39 is 11.9 Å². The summed E-state index contributed by atoms with van der Waals surface area (Å²) in [6.45, 7) is 7.93. The molecule has 3 N–H and O–H groups in total. The maximum atomic E-state index is 12.3. The van der Waals surface area contributed by atoms with Crippen LogP contribution in [0.15, 0.2) is 36.4 Å². The zero-order valence-electron chi connectivity index (χ0n) is 17.6. The van der Waals surface area contributed by atoms with E-state index in [1.165, 1.54) is 0 Å². The Labute approximate surface area is 181 Å². The van der Waals surface area contributed by atoms with E-state index in [0.717, 1.165) is 16.7 Å². The van der Waals surface area contributed by atoms with E-state index in [-0.39, 0.29) is 19.0 Å². The molecule has 0 aliphatic rings. The summed E-state index contributed by atoms with van der Waals surface area (Å²) in [7, 11) is 0. The lowest BCUT2D eigenvalue weighted by Gasteiger charge is -2.19. The van der Waals surface area contributed by atoms with Crippen molar-refractivity contribution in [2.24, 2.45) is 0 Å². The van der Waals surface area contributed by atoms with Crippen molar-refractivity contribution in [2.75, 3.05) is 30.3 Å². The van der Waals surface area contributed by atoms with E-state index in [0.29, 0.717) is 22.9 Å². The summed E-state index contributed by atoms with van der Waals surface area (Å²) < 4.78 is 0. The Balaban J connectivity index is 1.86. The smallest absolute Gasteiger partial charge is 0.325 e. The van der Waals surface area contributed by atoms with Gasteiger partial charge in [0.2, 0.25) is 11.8 Å². The third kappa shape index (κ3) is 7.17. The average Bonchev–Trinajstić information content (AvgIpc) is 2.66. The molecule has 7 nitrogen and oxygen atoms in total. The molecule has 0 aromatic heterocycles. The van der Waals surface area contributed by atoms with Gasteiger partial charge in [-0.3, -0.25) is 19.8 Å². The number of nitrogens with zero attached hydrogens (tertiary/aromatic N) is 1. The fourth-order valence-corrected chi connectivity index (χ4v) is 3.05. The van der Waals surface area contributed by atoms with Gasteiger partial charge in [0.15, 0.2) is 0 Å². The number of hydrogen-bond acceptors (Lipinski definition) is 4. The van der Waals surface area contributed by atoms with E-state index in [4.69, 9.17) is 11.6 Å². The minimum Gasteiger partial charge on any atom is -0.325 e. The minimum atomic E-state index is -0.609. The number of nitrogens with one attached hydrogen (secondary N) is 3. The second kappa shape index (κ2) is 10.8. The highest BCUT2D eigenvalue weighted by Crippen LogP contribution is 2.20. The van der Waals surface area contributed by atoms with Gasteiger partial charge in [0.05, 0.1) is 13.1 Å². The highest BCUT2D eigenvalue weighted by molar-refractivity contribution is 6.31. The second-order valence-electron chi connectivity index (χ2n) is 7.13. The van der Waals surface area contributed by atoms with Crippen molar-refractivity contribution in [2.45, 2.75) is 27.7 Å². The van der Waals surface area contributed by atoms with Crippen LogP contribution in [0.3, 0.4) is 0 Å². The number of aryl methyl sites for hydroxylation is 3. The number of halogens is 1. The number of carbonyl (C=O) groups excluding carboxylic acids is 3. The van der Waals surface area contributed by atoms with Gasteiger partial charge in [0.25, 0.3) is 0 Å². The van der Waals surface area contributed by atoms with Crippen LogP contribution >= 0.6 is 11.6 Å². The van der Waals surface area contributed by atoms with Gasteiger partial charge >= 0.3 is 6.03 Å². The lowest BCUT2D eigenvalue weighted by atomic mass is 10.1. The summed E-state index contributed by atoms with van der Waals surface area (Å²) in [5.74, 6) is -0.763. The number of urea groups is 1. The van der Waals surface area contributed by atoms with Crippen LogP contribution in [0.5, 0.6) is 0 Å². The van der Waals surface area contributed by atoms with Crippen LogP contribution < -0.4 is 16.0 Å². The van der Waals surface area contributed by atoms with Crippen LogP contribution in [0.25, 0.3) is 0 Å². The Bertz CT molecular complexity index is 946. The molecule has 8 heteroatoms. The Kier molecular flexibility index (Phi) is 8.38. The molecule has 0 heterocycles. The van der Waals surface area contributed by atoms with Gasteiger partial charge in [-0.2, -0.15) is 0 Å². The first-order chi connectivity index (χ1) is 14.2. The van der Waals surface area contributed by atoms with Gasteiger partial charge in [-0.25, -0.2) is 4.79 Å². The van der Waals surface area contributed by atoms with Gasteiger partial charge in [-0.1, -0.05) is 42.3 Å². The fourth-order valence-electron chi connectivity index (χ4n) is 2.88. The zero-order chi connectivity index (χ0) is 22.3. The summed E-state index contributed by atoms with van der Waals surface area (Å²) in [5.41, 5.74) is 4.13. The highest BCUT2D eigenvalue weighted by atomic mass is 35.5. The number of anilines is 2. The minimum absolute atomic E-state index is 0.00849. The monoisotopic (exact) mass is 430 g/mol. The lowest BCUT2D eigenvalue weighted by molar-refractivity contribution is -0.122. The molecule has 0 radical (unpaired) electrons. The normalized spacial score (nSPS) is 10.6. The van der Waals surface area contributed by atoms with E-state index in [2.05, 4.69) is 16.0 Å². The third-order valence-corrected chi connectivity index (χ3v) is 4.77. The Morgan fingerprint density at radius 3 is 2.23 bits per heavy atom. The Morgan fingerprint density at radius 1 is 0.867 bits per heavy atom. The first-order valence-electron chi connectivity index (χ1n) is 9.64. The van der Waals surface area contributed by atoms with Gasteiger partial charge in [0, 0.05) is 16.4 Å². The van der Waals surface area contributed by atoms with Gasteiger partial charge < -0.3 is 10.6 Å². The van der Waals surface area contributed by atoms with Crippen molar-refractivity contribution in [1.82, 2.24) is 10.2 Å². The number of hydrogen-bond donors (Lipinski definition) is 3. The number of imide groups is 1. The van der Waals surface area contributed by atoms with Crippen molar-refractivity contribution in [1.29, 1.82) is 0 Å². The van der Waals surface area contributed by atoms with Crippen molar-refractivity contribution in [3.63, 3.8) is 0 Å². The Morgan fingerprint density at radius 2 is 1.57 bits per heavy atom. The highest BCUT2D eigenvalue weighted by Gasteiger charge is 2.16. The fraction of sp³-hybridized carbons (Fsp3) is 0.318. The molecule has 0 spiro atoms. The van der Waals surface area contributed by atoms with Crippen LogP contribution in [-0.4, -0.2) is 42.4 Å². The summed E-state index contributed by atoms with van der Waals surface area (Å²) in [4.78, 5) is 38.3. The largest absolute Gasteiger partial charge is 0.325 e. The van der Waals surface area contributed by atoms with Gasteiger partial charge in [0.1, 0.15) is 0 Å². The maximum Gasteiger partial charge on any atom is 0.325 e. The molecular weight excluding hydrogens is 404 g/mol. The molecule has 0 atom stereocenters. The van der Waals surface area contributed by atoms with Crippen LogP contribution in [0.1, 0.15) is 23.6 Å². The SMILES string of the molecule is CCN(CC(=O)NC(=O)Nc1ccc(C)cc1C)CC(=O)Nc1cc(Cl)ccc1C. The van der Waals surface area contributed by atoms with E-state index in [1.807, 2.05) is 45.9 Å². The molecule has 30 heavy (non-hydrogen) atoms. The summed E-state index contributed by atoms with van der Waals surface area (Å²) in [5, 5.41) is 8.28. The van der Waals surface area contributed by atoms with Crippen molar-refractivity contribution < 1.29 is 14.4 Å². The molecule has 0 saturated carbocycles. The first-order valence-corrected chi connectivity index (χ1v) is 10.0. The standard InChI is InChI=1S/C22H27ClN4O3/c1-5-27(12-20(28)24-19-11-17(23)8-7-15(19)3)13-21(29)26-22(30)25-18-9-6-14(2)10-16(18)4/h6-11H,5,12-13H2,1-4H3,(H,24,28)(H2,25,26,29,30). The van der Waals surface area contributed by atoms with Crippen LogP contribution in [-0.2, 0) is 9.59 Å². The van der Waals surface area contributed by atoms with E-state index >= 15 is 0 Å². The van der Waals surface area contributed by atoms with Crippen molar-refractivity contribution in [3.05, 3.63) is 58.1 Å². The molecule has 2 aromatic carbocycles. The number of amides is 4. The quantitative estimate of drug-likeness (QED) is 0.621. The predicted molar refractivity (Wildman–Crippen MR) is 120 cm³/mol. The number of benzene rings is 2.